The van der Waals surface area contributed by atoms with Crippen molar-refractivity contribution in [2.45, 2.75) is 32.1 Å². The Bertz CT molecular complexity index is 626. The van der Waals surface area contributed by atoms with Crippen molar-refractivity contribution < 1.29 is 4.79 Å². The van der Waals surface area contributed by atoms with Crippen LogP contribution >= 0.6 is 11.8 Å². The summed E-state index contributed by atoms with van der Waals surface area (Å²) in [6.45, 7) is 4.62. The van der Waals surface area contributed by atoms with Gasteiger partial charge in [0.15, 0.2) is 0 Å². The Kier molecular flexibility index (Phi) is 5.89. The molecule has 0 aliphatic rings. The minimum Gasteiger partial charge on any atom is -0.332 e. The van der Waals surface area contributed by atoms with Gasteiger partial charge in [-0.2, -0.15) is 16.9 Å². The maximum Gasteiger partial charge on any atom is 0.319 e. The fourth-order valence-electron chi connectivity index (χ4n) is 2.04. The Labute approximate surface area is 135 Å². The van der Waals surface area contributed by atoms with E-state index in [1.807, 2.05) is 31.2 Å². The number of amides is 2. The molecule has 0 radical (unpaired) electrons. The van der Waals surface area contributed by atoms with Crippen molar-refractivity contribution in [3.8, 4) is 0 Å². The van der Waals surface area contributed by atoms with Gasteiger partial charge in [-0.25, -0.2) is 4.79 Å². The first kappa shape index (κ1) is 16.4. The molecule has 118 valence electrons. The molecule has 22 heavy (non-hydrogen) atoms. The largest absolute Gasteiger partial charge is 0.332 e. The van der Waals surface area contributed by atoms with Crippen molar-refractivity contribution in [3.63, 3.8) is 0 Å². The van der Waals surface area contributed by atoms with Gasteiger partial charge in [-0.1, -0.05) is 19.1 Å². The fraction of sp³-hybridized carbons (Fsp3) is 0.375. The van der Waals surface area contributed by atoms with Gasteiger partial charge in [0.1, 0.15) is 0 Å². The van der Waals surface area contributed by atoms with Crippen molar-refractivity contribution in [1.82, 2.24) is 15.5 Å². The number of benzene rings is 1. The number of carbonyl (C=O) groups excluding carboxylic acids is 1. The lowest BCUT2D eigenvalue weighted by Gasteiger charge is -2.11. The number of thioether (sulfide) groups is 1. The minimum atomic E-state index is -0.221. The van der Waals surface area contributed by atoms with Crippen LogP contribution in [-0.2, 0) is 13.0 Å². The van der Waals surface area contributed by atoms with Crippen molar-refractivity contribution >= 4 is 23.5 Å². The fourth-order valence-corrected chi connectivity index (χ4v) is 2.46. The van der Waals surface area contributed by atoms with Crippen LogP contribution in [0.1, 0.15) is 36.0 Å². The van der Waals surface area contributed by atoms with Crippen molar-refractivity contribution in [2.75, 3.05) is 11.6 Å². The Balaban J connectivity index is 1.89. The van der Waals surface area contributed by atoms with Crippen LogP contribution in [0.5, 0.6) is 0 Å². The van der Waals surface area contributed by atoms with Crippen molar-refractivity contribution in [2.24, 2.45) is 0 Å². The number of aromatic amines is 1. The molecule has 5 nitrogen and oxygen atoms in total. The number of carbonyl (C=O) groups is 1. The molecule has 1 atom stereocenters. The van der Waals surface area contributed by atoms with Gasteiger partial charge in [0, 0.05) is 10.9 Å². The molecule has 0 aliphatic carbocycles. The molecule has 1 aromatic heterocycles. The van der Waals surface area contributed by atoms with E-state index in [9.17, 15) is 4.79 Å². The standard InChI is InChI=1S/C16H22N4OS/c1-4-13-9-15(20-19-13)10-17-16(21)18-14-7-5-6-12(8-14)11(2)22-3/h5-9,11H,4,10H2,1-3H3,(H,19,20)(H2,17,18,21)/t11-/m0/s1. The number of aromatic nitrogens is 2. The third-order valence-corrected chi connectivity index (χ3v) is 4.43. The quantitative estimate of drug-likeness (QED) is 0.760. The van der Waals surface area contributed by atoms with Crippen LogP contribution in [0.25, 0.3) is 0 Å². The lowest BCUT2D eigenvalue weighted by molar-refractivity contribution is 0.251. The highest BCUT2D eigenvalue weighted by Crippen LogP contribution is 2.27. The second-order valence-corrected chi connectivity index (χ2v) is 6.23. The van der Waals surface area contributed by atoms with Gasteiger partial charge < -0.3 is 10.6 Å². The lowest BCUT2D eigenvalue weighted by Crippen LogP contribution is -2.28. The van der Waals surface area contributed by atoms with Crippen LogP contribution in [0.4, 0.5) is 10.5 Å². The van der Waals surface area contributed by atoms with Gasteiger partial charge in [0.05, 0.1) is 17.9 Å². The molecule has 0 saturated carbocycles. The molecule has 0 bridgehead atoms. The predicted octanol–water partition coefficient (Wildman–Crippen LogP) is 3.72. The Morgan fingerprint density at radius 3 is 2.91 bits per heavy atom. The maximum absolute atomic E-state index is 12.0. The minimum absolute atomic E-state index is 0.221. The number of anilines is 1. The van der Waals surface area contributed by atoms with Gasteiger partial charge in [-0.15, -0.1) is 0 Å². The molecule has 2 aromatic rings. The first-order valence-corrected chi connectivity index (χ1v) is 8.62. The molecular formula is C16H22N4OS. The van der Waals surface area contributed by atoms with Crippen LogP contribution in [0.2, 0.25) is 0 Å². The summed E-state index contributed by atoms with van der Waals surface area (Å²) >= 11 is 1.78. The topological polar surface area (TPSA) is 69.8 Å². The van der Waals surface area contributed by atoms with Crippen LogP contribution in [0.15, 0.2) is 30.3 Å². The van der Waals surface area contributed by atoms with Crippen LogP contribution in [-0.4, -0.2) is 22.5 Å². The van der Waals surface area contributed by atoms with Crippen LogP contribution in [0, 0.1) is 0 Å². The molecule has 3 N–H and O–H groups in total. The average Bonchev–Trinajstić information content (AvgIpc) is 3.00. The molecule has 0 aliphatic heterocycles. The van der Waals surface area contributed by atoms with E-state index in [2.05, 4.69) is 40.1 Å². The van der Waals surface area contributed by atoms with Gasteiger partial charge in [0.25, 0.3) is 0 Å². The number of urea groups is 1. The second kappa shape index (κ2) is 7.89. The predicted molar refractivity (Wildman–Crippen MR) is 92.2 cm³/mol. The van der Waals surface area contributed by atoms with E-state index in [1.165, 1.54) is 5.56 Å². The van der Waals surface area contributed by atoms with E-state index in [1.54, 1.807) is 11.8 Å². The normalized spacial score (nSPS) is 12.0. The van der Waals surface area contributed by atoms with Gasteiger partial charge in [0.2, 0.25) is 0 Å². The third-order valence-electron chi connectivity index (χ3n) is 3.45. The highest BCUT2D eigenvalue weighted by atomic mass is 32.2. The van der Waals surface area contributed by atoms with Gasteiger partial charge >= 0.3 is 6.03 Å². The SMILES string of the molecule is CCc1cc(CNC(=O)Nc2cccc([C@H](C)SC)c2)[nH]n1. The molecule has 0 unspecified atom stereocenters. The number of rotatable bonds is 6. The average molecular weight is 318 g/mol. The molecule has 0 saturated heterocycles. The second-order valence-electron chi connectivity index (χ2n) is 5.05. The number of nitrogens with one attached hydrogen (secondary N) is 3. The number of aryl methyl sites for hydroxylation is 1. The summed E-state index contributed by atoms with van der Waals surface area (Å²) < 4.78 is 0. The van der Waals surface area contributed by atoms with E-state index < -0.39 is 0 Å². The smallest absolute Gasteiger partial charge is 0.319 e. The number of nitrogens with zero attached hydrogens (tertiary/aromatic N) is 1. The maximum atomic E-state index is 12.0. The Morgan fingerprint density at radius 2 is 2.23 bits per heavy atom. The van der Waals surface area contributed by atoms with E-state index in [0.717, 1.165) is 23.5 Å². The Hall–Kier alpha value is -1.95. The van der Waals surface area contributed by atoms with Crippen LogP contribution < -0.4 is 10.6 Å². The monoisotopic (exact) mass is 318 g/mol. The van der Waals surface area contributed by atoms with Crippen molar-refractivity contribution in [3.05, 3.63) is 47.3 Å². The summed E-state index contributed by atoms with van der Waals surface area (Å²) in [4.78, 5) is 12.0. The molecule has 6 heteroatoms. The number of hydrogen-bond donors (Lipinski definition) is 3. The highest BCUT2D eigenvalue weighted by Gasteiger charge is 2.07. The summed E-state index contributed by atoms with van der Waals surface area (Å²) in [5.74, 6) is 0. The van der Waals surface area contributed by atoms with E-state index in [4.69, 9.17) is 0 Å². The highest BCUT2D eigenvalue weighted by molar-refractivity contribution is 7.98. The summed E-state index contributed by atoms with van der Waals surface area (Å²) in [5, 5.41) is 13.1. The number of H-pyrrole nitrogens is 1. The molecule has 0 fully saturated rings. The van der Waals surface area contributed by atoms with E-state index in [0.29, 0.717) is 11.8 Å². The molecular weight excluding hydrogens is 296 g/mol. The zero-order chi connectivity index (χ0) is 15.9. The number of hydrogen-bond acceptors (Lipinski definition) is 3. The molecule has 1 heterocycles. The summed E-state index contributed by atoms with van der Waals surface area (Å²) in [5.41, 5.74) is 3.90. The first-order valence-electron chi connectivity index (χ1n) is 7.33. The van der Waals surface area contributed by atoms with Gasteiger partial charge in [-0.05, 0) is 43.4 Å². The zero-order valence-electron chi connectivity index (χ0n) is 13.1. The molecule has 0 spiro atoms. The van der Waals surface area contributed by atoms with Crippen molar-refractivity contribution in [1.29, 1.82) is 0 Å². The first-order chi connectivity index (χ1) is 10.6. The Morgan fingerprint density at radius 1 is 1.41 bits per heavy atom. The third kappa shape index (κ3) is 4.53. The van der Waals surface area contributed by atoms with Gasteiger partial charge in [-0.3, -0.25) is 5.10 Å². The zero-order valence-corrected chi connectivity index (χ0v) is 14.0. The summed E-state index contributed by atoms with van der Waals surface area (Å²) in [6.07, 6.45) is 2.95. The summed E-state index contributed by atoms with van der Waals surface area (Å²) in [6, 6.07) is 9.66. The lowest BCUT2D eigenvalue weighted by atomic mass is 10.1. The molecule has 2 amide bonds. The van der Waals surface area contributed by atoms with Crippen LogP contribution in [0.3, 0.4) is 0 Å². The summed E-state index contributed by atoms with van der Waals surface area (Å²) in [7, 11) is 0. The molecule has 1 aromatic carbocycles. The van der Waals surface area contributed by atoms with E-state index in [-0.39, 0.29) is 6.03 Å². The van der Waals surface area contributed by atoms with E-state index >= 15 is 0 Å². The molecule has 2 rings (SSSR count).